The van der Waals surface area contributed by atoms with Crippen molar-refractivity contribution in [3.8, 4) is 0 Å². The average Bonchev–Trinajstić information content (AvgIpc) is 2.04. The van der Waals surface area contributed by atoms with Crippen molar-refractivity contribution in [1.29, 1.82) is 0 Å². The van der Waals surface area contributed by atoms with Crippen molar-refractivity contribution in [2.24, 2.45) is 0 Å². The molecular weight excluding hydrogens is 176 g/mol. The van der Waals surface area contributed by atoms with Crippen molar-refractivity contribution in [3.63, 3.8) is 0 Å². The summed E-state index contributed by atoms with van der Waals surface area (Å²) in [4.78, 5) is 0. The smallest absolute Gasteiger partial charge is 0.0449 e. The molecule has 1 rings (SSSR count). The van der Waals surface area contributed by atoms with Gasteiger partial charge in [-0.3, -0.25) is 0 Å². The molecule has 0 unspecified atom stereocenters. The average molecular weight is 187 g/mol. The highest BCUT2D eigenvalue weighted by atomic mass is 35.5. The second kappa shape index (κ2) is 4.03. The van der Waals surface area contributed by atoms with Gasteiger partial charge in [-0.25, -0.2) is 0 Å². The van der Waals surface area contributed by atoms with E-state index in [0.29, 0.717) is 0 Å². The number of halogens is 1. The Morgan fingerprint density at radius 3 is 2.64 bits per heavy atom. The Labute approximate surface area is 78.0 Å². The molecule has 0 spiro atoms. The van der Waals surface area contributed by atoms with E-state index in [0.717, 1.165) is 17.2 Å². The summed E-state index contributed by atoms with van der Waals surface area (Å²) in [5.41, 5.74) is 2.47. The summed E-state index contributed by atoms with van der Waals surface area (Å²) in [6.07, 6.45) is 1.02. The Hall–Kier alpha value is -0.140. The van der Waals surface area contributed by atoms with Crippen molar-refractivity contribution >= 4 is 24.2 Å². The van der Waals surface area contributed by atoms with Crippen LogP contribution in [-0.4, -0.2) is 0 Å². The van der Waals surface area contributed by atoms with E-state index < -0.39 is 0 Å². The Morgan fingerprint density at radius 2 is 2.18 bits per heavy atom. The minimum Gasteiger partial charge on any atom is -0.174 e. The van der Waals surface area contributed by atoms with Gasteiger partial charge < -0.3 is 0 Å². The molecule has 0 nitrogen and oxygen atoms in total. The monoisotopic (exact) mass is 186 g/mol. The van der Waals surface area contributed by atoms with E-state index in [4.69, 9.17) is 11.6 Å². The van der Waals surface area contributed by atoms with Crippen molar-refractivity contribution in [2.75, 3.05) is 0 Å². The zero-order valence-corrected chi connectivity index (χ0v) is 8.12. The van der Waals surface area contributed by atoms with Gasteiger partial charge in [0.25, 0.3) is 0 Å². The van der Waals surface area contributed by atoms with Crippen LogP contribution in [0.1, 0.15) is 18.1 Å². The summed E-state index contributed by atoms with van der Waals surface area (Å²) in [6, 6.07) is 5.98. The van der Waals surface area contributed by atoms with Crippen molar-refractivity contribution in [3.05, 3.63) is 34.3 Å². The lowest BCUT2D eigenvalue weighted by Crippen LogP contribution is -1.89. The molecule has 0 bridgehead atoms. The second-order valence-electron chi connectivity index (χ2n) is 2.39. The number of thiol groups is 1. The number of hydrogen-bond acceptors (Lipinski definition) is 1. The molecule has 0 N–H and O–H groups in total. The first kappa shape index (κ1) is 8.95. The molecule has 0 amide bonds. The topological polar surface area (TPSA) is 0 Å². The van der Waals surface area contributed by atoms with Crippen LogP contribution in [0.4, 0.5) is 0 Å². The van der Waals surface area contributed by atoms with E-state index in [-0.39, 0.29) is 0 Å². The summed E-state index contributed by atoms with van der Waals surface area (Å²) in [6.45, 7) is 2.12. The summed E-state index contributed by atoms with van der Waals surface area (Å²) >= 11 is 10.2. The van der Waals surface area contributed by atoms with Crippen LogP contribution in [0.25, 0.3) is 0 Å². The number of aryl methyl sites for hydroxylation is 1. The maximum absolute atomic E-state index is 5.96. The van der Waals surface area contributed by atoms with E-state index in [9.17, 15) is 0 Å². The van der Waals surface area contributed by atoms with Crippen molar-refractivity contribution < 1.29 is 0 Å². The van der Waals surface area contributed by atoms with Crippen LogP contribution in [0, 0.1) is 0 Å². The Balaban J connectivity index is 3.13. The molecule has 0 aliphatic carbocycles. The van der Waals surface area contributed by atoms with Gasteiger partial charge in [0.05, 0.1) is 0 Å². The molecule has 0 fully saturated rings. The summed E-state index contributed by atoms with van der Waals surface area (Å²) in [5.74, 6) is 0.725. The van der Waals surface area contributed by atoms with Gasteiger partial charge >= 0.3 is 0 Å². The highest BCUT2D eigenvalue weighted by molar-refractivity contribution is 7.79. The first-order valence-corrected chi connectivity index (χ1v) is 4.67. The lowest BCUT2D eigenvalue weighted by Gasteiger charge is -2.05. The third kappa shape index (κ3) is 1.91. The Bertz CT molecular complexity index is 245. The predicted molar refractivity (Wildman–Crippen MR) is 53.5 cm³/mol. The maximum atomic E-state index is 5.96. The standard InChI is InChI=1S/C9H11ClS/c1-2-7-4-3-5-9(10)8(7)6-11/h3-5,11H,2,6H2,1H3. The van der Waals surface area contributed by atoms with Crippen LogP contribution in [0.5, 0.6) is 0 Å². The molecule has 0 radical (unpaired) electrons. The maximum Gasteiger partial charge on any atom is 0.0449 e. The second-order valence-corrected chi connectivity index (χ2v) is 3.11. The van der Waals surface area contributed by atoms with E-state index in [1.165, 1.54) is 11.1 Å². The zero-order chi connectivity index (χ0) is 8.27. The van der Waals surface area contributed by atoms with E-state index >= 15 is 0 Å². The highest BCUT2D eigenvalue weighted by Gasteiger charge is 2.01. The third-order valence-electron chi connectivity index (χ3n) is 1.75. The molecule has 0 aromatic heterocycles. The quantitative estimate of drug-likeness (QED) is 0.674. The molecule has 2 heteroatoms. The minimum atomic E-state index is 0.725. The summed E-state index contributed by atoms with van der Waals surface area (Å²) in [5, 5.41) is 0.833. The fourth-order valence-electron chi connectivity index (χ4n) is 1.11. The fourth-order valence-corrected chi connectivity index (χ4v) is 1.84. The Kier molecular flexibility index (Phi) is 3.28. The number of rotatable bonds is 2. The molecule has 0 heterocycles. The molecule has 1 aromatic carbocycles. The SMILES string of the molecule is CCc1cccc(Cl)c1CS. The molecular formula is C9H11ClS. The predicted octanol–water partition coefficient (Wildman–Crippen LogP) is 3.33. The highest BCUT2D eigenvalue weighted by Crippen LogP contribution is 2.21. The van der Waals surface area contributed by atoms with Crippen molar-refractivity contribution in [2.45, 2.75) is 19.1 Å². The fraction of sp³-hybridized carbons (Fsp3) is 0.333. The molecule has 0 atom stereocenters. The zero-order valence-electron chi connectivity index (χ0n) is 6.47. The van der Waals surface area contributed by atoms with Crippen LogP contribution in [0.3, 0.4) is 0 Å². The number of benzene rings is 1. The molecule has 0 aliphatic heterocycles. The van der Waals surface area contributed by atoms with E-state index in [1.807, 2.05) is 12.1 Å². The Morgan fingerprint density at radius 1 is 1.45 bits per heavy atom. The van der Waals surface area contributed by atoms with Crippen LogP contribution >= 0.6 is 24.2 Å². The first-order chi connectivity index (χ1) is 5.29. The largest absolute Gasteiger partial charge is 0.174 e. The van der Waals surface area contributed by atoms with Gasteiger partial charge in [-0.1, -0.05) is 30.7 Å². The van der Waals surface area contributed by atoms with Crippen LogP contribution < -0.4 is 0 Å². The van der Waals surface area contributed by atoms with Crippen LogP contribution in [0.2, 0.25) is 5.02 Å². The minimum absolute atomic E-state index is 0.725. The lowest BCUT2D eigenvalue weighted by atomic mass is 10.1. The van der Waals surface area contributed by atoms with Gasteiger partial charge in [-0.05, 0) is 23.6 Å². The van der Waals surface area contributed by atoms with Gasteiger partial charge in [-0.15, -0.1) is 0 Å². The molecule has 0 saturated heterocycles. The first-order valence-electron chi connectivity index (χ1n) is 3.66. The molecule has 60 valence electrons. The van der Waals surface area contributed by atoms with E-state index in [1.54, 1.807) is 0 Å². The molecule has 0 saturated carbocycles. The van der Waals surface area contributed by atoms with E-state index in [2.05, 4.69) is 25.6 Å². The van der Waals surface area contributed by atoms with Gasteiger partial charge in [0.15, 0.2) is 0 Å². The molecule has 0 aliphatic rings. The summed E-state index contributed by atoms with van der Waals surface area (Å²) in [7, 11) is 0. The number of hydrogen-bond donors (Lipinski definition) is 1. The van der Waals surface area contributed by atoms with Crippen LogP contribution in [-0.2, 0) is 12.2 Å². The molecule has 11 heavy (non-hydrogen) atoms. The summed E-state index contributed by atoms with van der Waals surface area (Å²) < 4.78 is 0. The van der Waals surface area contributed by atoms with Gasteiger partial charge in [0, 0.05) is 10.8 Å². The van der Waals surface area contributed by atoms with Crippen molar-refractivity contribution in [1.82, 2.24) is 0 Å². The lowest BCUT2D eigenvalue weighted by molar-refractivity contribution is 1.10. The molecule has 1 aromatic rings. The third-order valence-corrected chi connectivity index (χ3v) is 2.43. The van der Waals surface area contributed by atoms with Gasteiger partial charge in [-0.2, -0.15) is 12.6 Å². The van der Waals surface area contributed by atoms with Gasteiger partial charge in [0.2, 0.25) is 0 Å². The normalized spacial score (nSPS) is 10.1. The van der Waals surface area contributed by atoms with Gasteiger partial charge in [0.1, 0.15) is 0 Å². The van der Waals surface area contributed by atoms with Crippen LogP contribution in [0.15, 0.2) is 18.2 Å².